The van der Waals surface area contributed by atoms with Crippen LogP contribution < -0.4 is 10.6 Å². The van der Waals surface area contributed by atoms with Crippen molar-refractivity contribution in [3.63, 3.8) is 0 Å². The summed E-state index contributed by atoms with van der Waals surface area (Å²) in [6, 6.07) is 2.43. The predicted molar refractivity (Wildman–Crippen MR) is 130 cm³/mol. The van der Waals surface area contributed by atoms with Gasteiger partial charge in [0.25, 0.3) is 5.91 Å². The number of nitrogens with one attached hydrogen (secondary N) is 2. The molecule has 39 heavy (non-hydrogen) atoms. The molecule has 2 N–H and O–H groups in total. The molecule has 0 spiro atoms. The highest BCUT2D eigenvalue weighted by atomic mass is 19.4. The van der Waals surface area contributed by atoms with Crippen LogP contribution in [0.25, 0.3) is 5.78 Å². The lowest BCUT2D eigenvalue weighted by Gasteiger charge is -2.33. The van der Waals surface area contributed by atoms with Crippen molar-refractivity contribution in [1.29, 1.82) is 0 Å². The quantitative estimate of drug-likeness (QED) is 0.371. The highest BCUT2D eigenvalue weighted by molar-refractivity contribution is 5.92. The van der Waals surface area contributed by atoms with E-state index in [4.69, 9.17) is 0 Å². The number of hydrogen-bond acceptors (Lipinski definition) is 5. The first-order valence-corrected chi connectivity index (χ1v) is 12.7. The molecule has 1 aliphatic carbocycles. The van der Waals surface area contributed by atoms with Gasteiger partial charge in [0.05, 0.1) is 30.4 Å². The Morgan fingerprint density at radius 1 is 1.15 bits per heavy atom. The summed E-state index contributed by atoms with van der Waals surface area (Å²) < 4.78 is 68.0. The average molecular weight is 556 g/mol. The lowest BCUT2D eigenvalue weighted by Crippen LogP contribution is -2.38. The highest BCUT2D eigenvalue weighted by Gasteiger charge is 2.39. The summed E-state index contributed by atoms with van der Waals surface area (Å²) in [6.45, 7) is 3.68. The van der Waals surface area contributed by atoms with E-state index in [1.165, 1.54) is 6.20 Å². The minimum atomic E-state index is -4.42. The van der Waals surface area contributed by atoms with Gasteiger partial charge in [-0.1, -0.05) is 0 Å². The highest BCUT2D eigenvalue weighted by Crippen LogP contribution is 2.41. The summed E-state index contributed by atoms with van der Waals surface area (Å²) in [6.07, 6.45) is -1.73. The summed E-state index contributed by atoms with van der Waals surface area (Å²) in [5.74, 6) is -3.96. The van der Waals surface area contributed by atoms with E-state index in [9.17, 15) is 31.5 Å². The normalized spacial score (nSPS) is 16.9. The van der Waals surface area contributed by atoms with Crippen LogP contribution in [-0.4, -0.2) is 48.1 Å². The Morgan fingerprint density at radius 2 is 1.87 bits per heavy atom. The lowest BCUT2D eigenvalue weighted by atomic mass is 9.81. The Balaban J connectivity index is 1.54. The molecule has 3 aromatic rings. The molecule has 0 unspecified atom stereocenters. The van der Waals surface area contributed by atoms with E-state index in [-0.39, 0.29) is 50.0 Å². The van der Waals surface area contributed by atoms with E-state index in [1.54, 1.807) is 33.6 Å². The number of carbonyl (C=O) groups excluding carboxylic acids is 2. The van der Waals surface area contributed by atoms with E-state index in [0.717, 1.165) is 0 Å². The first kappa shape index (κ1) is 28.4. The number of rotatable bonds is 9. The van der Waals surface area contributed by atoms with Gasteiger partial charge in [0.2, 0.25) is 17.6 Å². The van der Waals surface area contributed by atoms with Crippen molar-refractivity contribution in [2.24, 2.45) is 5.92 Å². The van der Waals surface area contributed by atoms with Crippen LogP contribution in [0.4, 0.5) is 22.0 Å². The molecule has 0 aromatic carbocycles. The van der Waals surface area contributed by atoms with Crippen molar-refractivity contribution in [1.82, 2.24) is 34.8 Å². The second-order valence-corrected chi connectivity index (χ2v) is 10.1. The van der Waals surface area contributed by atoms with Crippen molar-refractivity contribution >= 4 is 17.6 Å². The molecular weight excluding hydrogens is 525 g/mol. The number of aromatic nitrogens is 5. The molecule has 14 heteroatoms. The van der Waals surface area contributed by atoms with Crippen molar-refractivity contribution < 1.29 is 31.5 Å². The van der Waals surface area contributed by atoms with Crippen LogP contribution in [0.1, 0.15) is 86.3 Å². The van der Waals surface area contributed by atoms with Gasteiger partial charge in [-0.05, 0) is 44.7 Å². The van der Waals surface area contributed by atoms with Gasteiger partial charge in [-0.25, -0.2) is 18.7 Å². The summed E-state index contributed by atoms with van der Waals surface area (Å²) in [5.41, 5.74) is 1.15. The van der Waals surface area contributed by atoms with E-state index in [1.807, 2.05) is 13.8 Å². The standard InChI is InChI=1S/C25H30F5N7O2/c1-15(2)37-19(6-11-32-37)22(39)35-21(16-3-8-24(26,27)9-4-16)18-14-36-12-7-17(33-23(36)34-18)13-31-20(38)5-10-25(28,29)30/h6-7,11-12,14-16,21H,3-5,8-10,13H2,1-2H3,(H,31,38)(H,35,39)/t21-/m0/s1. The van der Waals surface area contributed by atoms with E-state index < -0.39 is 42.8 Å². The fourth-order valence-corrected chi connectivity index (χ4v) is 4.66. The van der Waals surface area contributed by atoms with Gasteiger partial charge < -0.3 is 10.6 Å². The Bertz CT molecular complexity index is 1310. The minimum Gasteiger partial charge on any atom is -0.350 e. The smallest absolute Gasteiger partial charge is 0.350 e. The topological polar surface area (TPSA) is 106 Å². The summed E-state index contributed by atoms with van der Waals surface area (Å²) in [7, 11) is 0. The number of nitrogens with zero attached hydrogens (tertiary/aromatic N) is 5. The molecule has 3 aromatic heterocycles. The third-order valence-corrected chi connectivity index (χ3v) is 6.74. The Labute approximate surface area is 221 Å². The second-order valence-electron chi connectivity index (χ2n) is 10.1. The number of imidazole rings is 1. The van der Waals surface area contributed by atoms with Crippen LogP contribution >= 0.6 is 0 Å². The summed E-state index contributed by atoms with van der Waals surface area (Å²) >= 11 is 0. The monoisotopic (exact) mass is 555 g/mol. The number of hydrogen-bond donors (Lipinski definition) is 2. The maximum Gasteiger partial charge on any atom is 0.389 e. The molecule has 0 aliphatic heterocycles. The van der Waals surface area contributed by atoms with Crippen LogP contribution in [0, 0.1) is 5.92 Å². The molecule has 0 saturated heterocycles. The first-order chi connectivity index (χ1) is 18.3. The van der Waals surface area contributed by atoms with E-state index in [2.05, 4.69) is 25.7 Å². The molecule has 0 bridgehead atoms. The molecular formula is C25H30F5N7O2. The van der Waals surface area contributed by atoms with Crippen LogP contribution in [0.3, 0.4) is 0 Å². The zero-order valence-corrected chi connectivity index (χ0v) is 21.5. The van der Waals surface area contributed by atoms with Gasteiger partial charge in [0.15, 0.2) is 0 Å². The van der Waals surface area contributed by atoms with E-state index >= 15 is 0 Å². The third kappa shape index (κ3) is 7.30. The van der Waals surface area contributed by atoms with Gasteiger partial charge >= 0.3 is 6.18 Å². The van der Waals surface area contributed by atoms with Crippen molar-refractivity contribution in [3.8, 4) is 0 Å². The van der Waals surface area contributed by atoms with Gasteiger partial charge in [0.1, 0.15) is 5.69 Å². The second kappa shape index (κ2) is 11.3. The molecule has 2 amide bonds. The molecule has 0 radical (unpaired) electrons. The van der Waals surface area contributed by atoms with Crippen LogP contribution in [0.15, 0.2) is 30.7 Å². The van der Waals surface area contributed by atoms with Crippen LogP contribution in [0.5, 0.6) is 0 Å². The number of amides is 2. The maximum absolute atomic E-state index is 13.9. The Kier molecular flexibility index (Phi) is 8.21. The van der Waals surface area contributed by atoms with Crippen LogP contribution in [0.2, 0.25) is 0 Å². The zero-order chi connectivity index (χ0) is 28.4. The van der Waals surface area contributed by atoms with Crippen LogP contribution in [-0.2, 0) is 11.3 Å². The number of carbonyl (C=O) groups is 2. The summed E-state index contributed by atoms with van der Waals surface area (Å²) in [4.78, 5) is 33.9. The van der Waals surface area contributed by atoms with Crippen molar-refractivity contribution in [3.05, 3.63) is 47.8 Å². The molecule has 3 heterocycles. The number of alkyl halides is 5. The van der Waals surface area contributed by atoms with Gasteiger partial charge in [-0.2, -0.15) is 18.3 Å². The third-order valence-electron chi connectivity index (χ3n) is 6.74. The molecule has 1 aliphatic rings. The molecule has 1 fully saturated rings. The van der Waals surface area contributed by atoms with Crippen molar-refractivity contribution in [2.45, 2.75) is 83.1 Å². The first-order valence-electron chi connectivity index (χ1n) is 12.7. The maximum atomic E-state index is 13.9. The lowest BCUT2D eigenvalue weighted by molar-refractivity contribution is -0.144. The van der Waals surface area contributed by atoms with Gasteiger partial charge in [0, 0.05) is 43.9 Å². The summed E-state index contributed by atoms with van der Waals surface area (Å²) in [5, 5.41) is 9.57. The van der Waals surface area contributed by atoms with E-state index in [0.29, 0.717) is 17.1 Å². The number of halogens is 5. The molecule has 1 saturated carbocycles. The fourth-order valence-electron chi connectivity index (χ4n) is 4.66. The van der Waals surface area contributed by atoms with Crippen molar-refractivity contribution in [2.75, 3.05) is 0 Å². The average Bonchev–Trinajstić information content (AvgIpc) is 3.52. The molecule has 1 atom stereocenters. The molecule has 9 nitrogen and oxygen atoms in total. The minimum absolute atomic E-state index is 0.0701. The molecule has 212 valence electrons. The zero-order valence-electron chi connectivity index (χ0n) is 21.5. The number of fused-ring (bicyclic) bond motifs is 1. The Morgan fingerprint density at radius 3 is 2.54 bits per heavy atom. The Hall–Kier alpha value is -3.58. The fraction of sp³-hybridized carbons (Fsp3) is 0.560. The van der Waals surface area contributed by atoms with Gasteiger partial charge in [-0.15, -0.1) is 0 Å². The largest absolute Gasteiger partial charge is 0.389 e. The SMILES string of the molecule is CC(C)n1nccc1C(=O)N[C@H](c1cn2ccc(CNC(=O)CCC(F)(F)F)nc2n1)C1CCC(F)(F)CC1. The predicted octanol–water partition coefficient (Wildman–Crippen LogP) is 4.76. The molecule has 4 rings (SSSR count). The van der Waals surface area contributed by atoms with Gasteiger partial charge in [-0.3, -0.25) is 18.7 Å².